The number of amides is 1. The van der Waals surface area contributed by atoms with Crippen LogP contribution in [0.3, 0.4) is 0 Å². The number of nitrogen functional groups attached to an aromatic ring is 1. The van der Waals surface area contributed by atoms with Crippen LogP contribution in [0.25, 0.3) is 5.69 Å². The second kappa shape index (κ2) is 5.33. The number of anilines is 2. The van der Waals surface area contributed by atoms with Gasteiger partial charge in [-0.15, -0.1) is 11.3 Å². The molecule has 21 heavy (non-hydrogen) atoms. The first kappa shape index (κ1) is 13.3. The predicted molar refractivity (Wildman–Crippen MR) is 78.0 cm³/mol. The van der Waals surface area contributed by atoms with Crippen LogP contribution in [0.15, 0.2) is 42.3 Å². The van der Waals surface area contributed by atoms with Crippen molar-refractivity contribution in [3.8, 4) is 5.69 Å². The number of nitrogens with two attached hydrogens (primary N) is 1. The van der Waals surface area contributed by atoms with Crippen molar-refractivity contribution in [1.82, 2.24) is 14.8 Å². The zero-order chi connectivity index (χ0) is 14.8. The number of thiophene rings is 1. The maximum atomic E-state index is 14.0. The Morgan fingerprint density at radius 1 is 1.38 bits per heavy atom. The van der Waals surface area contributed by atoms with E-state index < -0.39 is 5.82 Å². The zero-order valence-electron chi connectivity index (χ0n) is 10.7. The summed E-state index contributed by atoms with van der Waals surface area (Å²) in [5.74, 6) is -0.882. The summed E-state index contributed by atoms with van der Waals surface area (Å²) >= 11 is 1.23. The van der Waals surface area contributed by atoms with Crippen molar-refractivity contribution in [2.75, 3.05) is 11.1 Å². The Labute approximate surface area is 123 Å². The molecule has 106 valence electrons. The molecule has 1 amide bonds. The van der Waals surface area contributed by atoms with Gasteiger partial charge in [-0.3, -0.25) is 4.79 Å². The maximum Gasteiger partial charge on any atom is 0.267 e. The fraction of sp³-hybridized carbons (Fsp3) is 0. The molecule has 0 aliphatic heterocycles. The highest BCUT2D eigenvalue weighted by Crippen LogP contribution is 2.22. The molecule has 1 aromatic carbocycles. The third-order valence-corrected chi connectivity index (χ3v) is 3.70. The molecular formula is C13H10FN5OS. The Bertz CT molecular complexity index is 784. The maximum absolute atomic E-state index is 14.0. The van der Waals surface area contributed by atoms with Gasteiger partial charge >= 0.3 is 0 Å². The summed E-state index contributed by atoms with van der Waals surface area (Å²) in [6, 6.07) is 5.96. The largest absolute Gasteiger partial charge is 0.397 e. The number of nitrogens with zero attached hydrogens (tertiary/aromatic N) is 3. The second-order valence-corrected chi connectivity index (χ2v) is 5.08. The van der Waals surface area contributed by atoms with Gasteiger partial charge in [0.15, 0.2) is 5.82 Å². The van der Waals surface area contributed by atoms with Gasteiger partial charge in [0.2, 0.25) is 0 Å². The van der Waals surface area contributed by atoms with Crippen LogP contribution in [0.4, 0.5) is 15.8 Å². The molecule has 0 unspecified atom stereocenters. The standard InChI is InChI=1S/C13H10FN5OS/c14-9-5-8(1-2-11(9)19-7-16-6-17-19)18-13(20)12-10(15)3-4-21-12/h1-7H,15H2,(H,18,20). The summed E-state index contributed by atoms with van der Waals surface area (Å²) in [6.07, 6.45) is 2.71. The predicted octanol–water partition coefficient (Wildman–Crippen LogP) is 2.30. The third-order valence-electron chi connectivity index (χ3n) is 2.77. The summed E-state index contributed by atoms with van der Waals surface area (Å²) in [6.45, 7) is 0. The van der Waals surface area contributed by atoms with Gasteiger partial charge < -0.3 is 11.1 Å². The molecular weight excluding hydrogens is 293 g/mol. The van der Waals surface area contributed by atoms with Crippen molar-refractivity contribution in [2.24, 2.45) is 0 Å². The van der Waals surface area contributed by atoms with Gasteiger partial charge in [-0.25, -0.2) is 14.1 Å². The van der Waals surface area contributed by atoms with E-state index in [9.17, 15) is 9.18 Å². The fourth-order valence-electron chi connectivity index (χ4n) is 1.79. The minimum atomic E-state index is -0.516. The first-order valence-corrected chi connectivity index (χ1v) is 6.82. The van der Waals surface area contributed by atoms with Gasteiger partial charge in [0, 0.05) is 5.69 Å². The summed E-state index contributed by atoms with van der Waals surface area (Å²) in [5, 5.41) is 8.18. The first-order chi connectivity index (χ1) is 10.1. The Morgan fingerprint density at radius 3 is 2.86 bits per heavy atom. The number of halogens is 1. The number of carbonyl (C=O) groups excluding carboxylic acids is 1. The monoisotopic (exact) mass is 303 g/mol. The van der Waals surface area contributed by atoms with E-state index in [0.717, 1.165) is 0 Å². The van der Waals surface area contributed by atoms with Crippen LogP contribution in [0, 0.1) is 5.82 Å². The molecule has 2 aromatic heterocycles. The van der Waals surface area contributed by atoms with Crippen molar-refractivity contribution in [3.63, 3.8) is 0 Å². The van der Waals surface area contributed by atoms with E-state index in [1.165, 1.54) is 40.8 Å². The van der Waals surface area contributed by atoms with E-state index >= 15 is 0 Å². The summed E-state index contributed by atoms with van der Waals surface area (Å²) < 4.78 is 15.3. The lowest BCUT2D eigenvalue weighted by atomic mass is 10.2. The number of benzene rings is 1. The Hall–Kier alpha value is -2.74. The van der Waals surface area contributed by atoms with Crippen LogP contribution >= 0.6 is 11.3 Å². The average Bonchev–Trinajstić information content (AvgIpc) is 3.10. The SMILES string of the molecule is Nc1ccsc1C(=O)Nc1ccc(-n2cncn2)c(F)c1. The normalized spacial score (nSPS) is 10.5. The molecule has 6 nitrogen and oxygen atoms in total. The highest BCUT2D eigenvalue weighted by atomic mass is 32.1. The molecule has 3 N–H and O–H groups in total. The molecule has 8 heteroatoms. The minimum Gasteiger partial charge on any atom is -0.397 e. The van der Waals surface area contributed by atoms with E-state index in [0.29, 0.717) is 16.3 Å². The number of hydrogen-bond acceptors (Lipinski definition) is 5. The van der Waals surface area contributed by atoms with E-state index in [4.69, 9.17) is 5.73 Å². The van der Waals surface area contributed by atoms with E-state index in [2.05, 4.69) is 15.4 Å². The lowest BCUT2D eigenvalue weighted by Crippen LogP contribution is -2.12. The van der Waals surface area contributed by atoms with Crippen LogP contribution in [-0.2, 0) is 0 Å². The Morgan fingerprint density at radius 2 is 2.24 bits per heavy atom. The number of rotatable bonds is 3. The van der Waals surface area contributed by atoms with E-state index in [1.54, 1.807) is 17.5 Å². The van der Waals surface area contributed by atoms with Crippen LogP contribution in [-0.4, -0.2) is 20.7 Å². The Kier molecular flexibility index (Phi) is 3.36. The van der Waals surface area contributed by atoms with Crippen molar-refractivity contribution < 1.29 is 9.18 Å². The molecule has 0 spiro atoms. The van der Waals surface area contributed by atoms with E-state index in [1.807, 2.05) is 0 Å². The molecule has 0 bridgehead atoms. The fourth-order valence-corrected chi connectivity index (χ4v) is 2.51. The quantitative estimate of drug-likeness (QED) is 0.777. The lowest BCUT2D eigenvalue weighted by Gasteiger charge is -2.07. The van der Waals surface area contributed by atoms with E-state index in [-0.39, 0.29) is 11.6 Å². The molecule has 3 aromatic rings. The zero-order valence-corrected chi connectivity index (χ0v) is 11.5. The lowest BCUT2D eigenvalue weighted by molar-refractivity contribution is 0.103. The van der Waals surface area contributed by atoms with Crippen LogP contribution in [0.1, 0.15) is 9.67 Å². The Balaban J connectivity index is 1.83. The third kappa shape index (κ3) is 2.61. The van der Waals surface area contributed by atoms with Crippen molar-refractivity contribution in [1.29, 1.82) is 0 Å². The van der Waals surface area contributed by atoms with Crippen LogP contribution in [0.5, 0.6) is 0 Å². The molecule has 0 aliphatic rings. The summed E-state index contributed by atoms with van der Waals surface area (Å²) in [5.41, 5.74) is 6.66. The number of hydrogen-bond donors (Lipinski definition) is 2. The van der Waals surface area contributed by atoms with Gasteiger partial charge in [-0.2, -0.15) is 5.10 Å². The smallest absolute Gasteiger partial charge is 0.267 e. The van der Waals surface area contributed by atoms with Crippen molar-refractivity contribution in [3.05, 3.63) is 53.0 Å². The van der Waals surface area contributed by atoms with Crippen LogP contribution < -0.4 is 11.1 Å². The van der Waals surface area contributed by atoms with Gasteiger partial charge in [-0.05, 0) is 29.6 Å². The second-order valence-electron chi connectivity index (χ2n) is 4.17. The summed E-state index contributed by atoms with van der Waals surface area (Å²) in [4.78, 5) is 16.1. The molecule has 0 aliphatic carbocycles. The highest BCUT2D eigenvalue weighted by molar-refractivity contribution is 7.12. The minimum absolute atomic E-state index is 0.251. The number of aromatic nitrogens is 3. The molecule has 0 fully saturated rings. The topological polar surface area (TPSA) is 85.8 Å². The van der Waals surface area contributed by atoms with Crippen molar-refractivity contribution >= 4 is 28.6 Å². The highest BCUT2D eigenvalue weighted by Gasteiger charge is 2.13. The first-order valence-electron chi connectivity index (χ1n) is 5.94. The van der Waals surface area contributed by atoms with Gasteiger partial charge in [0.1, 0.15) is 23.2 Å². The molecule has 3 rings (SSSR count). The van der Waals surface area contributed by atoms with Gasteiger partial charge in [-0.1, -0.05) is 0 Å². The number of carbonyl (C=O) groups is 1. The molecule has 0 radical (unpaired) electrons. The molecule has 0 saturated heterocycles. The molecule has 2 heterocycles. The van der Waals surface area contributed by atoms with Crippen molar-refractivity contribution in [2.45, 2.75) is 0 Å². The number of nitrogens with one attached hydrogen (secondary N) is 1. The van der Waals surface area contributed by atoms with Crippen LogP contribution in [0.2, 0.25) is 0 Å². The summed E-state index contributed by atoms with van der Waals surface area (Å²) in [7, 11) is 0. The molecule has 0 saturated carbocycles. The molecule has 0 atom stereocenters. The average molecular weight is 303 g/mol. The van der Waals surface area contributed by atoms with Gasteiger partial charge in [0.05, 0.1) is 5.69 Å². The van der Waals surface area contributed by atoms with Gasteiger partial charge in [0.25, 0.3) is 5.91 Å².